The van der Waals surface area contributed by atoms with Crippen LogP contribution in [0.4, 0.5) is 8.78 Å². The van der Waals surface area contributed by atoms with Gasteiger partial charge in [0.2, 0.25) is 6.23 Å². The molecule has 2 N–H and O–H groups in total. The molecule has 3 rings (SSSR count). The monoisotopic (exact) mass is 323 g/mol. The van der Waals surface area contributed by atoms with Gasteiger partial charge in [-0.3, -0.25) is 14.3 Å². The molecular weight excluding hydrogens is 310 g/mol. The van der Waals surface area contributed by atoms with E-state index < -0.39 is 35.6 Å². The van der Waals surface area contributed by atoms with E-state index in [1.54, 1.807) is 24.3 Å². The van der Waals surface area contributed by atoms with Crippen molar-refractivity contribution in [1.29, 1.82) is 0 Å². The van der Waals surface area contributed by atoms with Gasteiger partial charge in [-0.1, -0.05) is 24.3 Å². The predicted octanol–water partition coefficient (Wildman–Crippen LogP) is 0.473. The highest BCUT2D eigenvalue weighted by Crippen LogP contribution is 2.42. The maximum Gasteiger partial charge on any atom is 0.330 e. The smallest absolute Gasteiger partial charge is 0.330 e. The number of benzene rings is 1. The lowest BCUT2D eigenvalue weighted by Crippen LogP contribution is -2.42. The number of aliphatic hydroxyl groups is 1. The van der Waals surface area contributed by atoms with Crippen LogP contribution in [0.15, 0.2) is 46.1 Å². The first-order chi connectivity index (χ1) is 10.9. The summed E-state index contributed by atoms with van der Waals surface area (Å²) in [6.45, 7) is 0. The van der Waals surface area contributed by atoms with Crippen molar-refractivity contribution in [3.63, 3.8) is 0 Å². The fraction of sp³-hybridized carbons (Fsp3) is 0.333. The second kappa shape index (κ2) is 5.71. The van der Waals surface area contributed by atoms with Gasteiger partial charge < -0.3 is 9.84 Å². The first-order valence-corrected chi connectivity index (χ1v) is 6.87. The van der Waals surface area contributed by atoms with E-state index in [2.05, 4.69) is 6.07 Å². The number of rotatable bonds is 3. The zero-order valence-electron chi connectivity index (χ0n) is 11.8. The summed E-state index contributed by atoms with van der Waals surface area (Å²) >= 11 is 0. The first kappa shape index (κ1) is 15.6. The second-order valence-electron chi connectivity index (χ2n) is 5.28. The molecular formula is C15H13F2N2O4. The lowest BCUT2D eigenvalue weighted by Gasteiger charge is -2.20. The van der Waals surface area contributed by atoms with Crippen LogP contribution in [0.2, 0.25) is 0 Å². The Balaban J connectivity index is 1.91. The van der Waals surface area contributed by atoms with Crippen LogP contribution in [0.5, 0.6) is 0 Å². The topological polar surface area (TPSA) is 84.3 Å². The van der Waals surface area contributed by atoms with E-state index in [9.17, 15) is 23.5 Å². The maximum atomic E-state index is 14.3. The van der Waals surface area contributed by atoms with Crippen LogP contribution in [-0.4, -0.2) is 32.8 Å². The Morgan fingerprint density at radius 2 is 2.00 bits per heavy atom. The average molecular weight is 323 g/mol. The summed E-state index contributed by atoms with van der Waals surface area (Å²) in [6, 6.07) is 10.3. The van der Waals surface area contributed by atoms with Crippen molar-refractivity contribution in [2.24, 2.45) is 0 Å². The van der Waals surface area contributed by atoms with Gasteiger partial charge in [0.1, 0.15) is 6.10 Å². The molecule has 1 saturated heterocycles. The van der Waals surface area contributed by atoms with E-state index in [-0.39, 0.29) is 6.42 Å². The number of halogens is 2. The van der Waals surface area contributed by atoms with E-state index in [1.165, 1.54) is 0 Å². The number of aromatic amines is 1. The Hall–Kier alpha value is -2.32. The fourth-order valence-electron chi connectivity index (χ4n) is 2.54. The van der Waals surface area contributed by atoms with Crippen LogP contribution in [0.1, 0.15) is 11.8 Å². The quantitative estimate of drug-likeness (QED) is 0.860. The van der Waals surface area contributed by atoms with Crippen LogP contribution < -0.4 is 11.2 Å². The normalized spacial score (nSPS) is 26.3. The lowest BCUT2D eigenvalue weighted by molar-refractivity contribution is -0.140. The standard InChI is InChI=1S/C15H13F2N2O4/c16-15(17)12(21)10(8-9-4-2-1-3-5-9)23-13(15)19-7-6-11(20)18-14(19)22/h2-7,10,12-13,21H,8H2,(H,18,20,22)/t10-,12-,13-/m1/s1. The average Bonchev–Trinajstić information content (AvgIpc) is 2.72. The zero-order chi connectivity index (χ0) is 16.6. The largest absolute Gasteiger partial charge is 0.384 e. The highest BCUT2D eigenvalue weighted by molar-refractivity contribution is 5.16. The van der Waals surface area contributed by atoms with E-state index in [1.807, 2.05) is 4.98 Å². The number of hydrogen-bond acceptors (Lipinski definition) is 4. The minimum absolute atomic E-state index is 0.0556. The van der Waals surface area contributed by atoms with Crippen molar-refractivity contribution in [3.8, 4) is 0 Å². The van der Waals surface area contributed by atoms with Crippen LogP contribution >= 0.6 is 0 Å². The molecule has 0 spiro atoms. The number of ether oxygens (including phenoxy) is 1. The summed E-state index contributed by atoms with van der Waals surface area (Å²) in [5.41, 5.74) is -1.03. The van der Waals surface area contributed by atoms with Crippen molar-refractivity contribution in [1.82, 2.24) is 9.55 Å². The molecule has 1 aromatic carbocycles. The summed E-state index contributed by atoms with van der Waals surface area (Å²) < 4.78 is 34.4. The summed E-state index contributed by atoms with van der Waals surface area (Å²) in [5.74, 6) is -3.67. The molecule has 0 unspecified atom stereocenters. The Kier molecular flexibility index (Phi) is 3.87. The molecule has 0 aliphatic carbocycles. The van der Waals surface area contributed by atoms with Gasteiger partial charge >= 0.3 is 11.6 Å². The Labute approximate surface area is 129 Å². The molecule has 1 radical (unpaired) electrons. The minimum atomic E-state index is -3.67. The highest BCUT2D eigenvalue weighted by atomic mass is 19.3. The Bertz CT molecular complexity index is 803. The molecule has 1 aliphatic rings. The molecule has 2 aromatic rings. The predicted molar refractivity (Wildman–Crippen MR) is 75.2 cm³/mol. The summed E-state index contributed by atoms with van der Waals surface area (Å²) in [5, 5.41) is 9.89. The number of aromatic nitrogens is 2. The van der Waals surface area contributed by atoms with Crippen molar-refractivity contribution in [2.75, 3.05) is 0 Å². The molecule has 6 nitrogen and oxygen atoms in total. The first-order valence-electron chi connectivity index (χ1n) is 6.87. The van der Waals surface area contributed by atoms with Gasteiger partial charge in [-0.05, 0) is 11.6 Å². The molecule has 121 valence electrons. The van der Waals surface area contributed by atoms with Crippen LogP contribution in [-0.2, 0) is 11.2 Å². The molecule has 3 atom stereocenters. The third kappa shape index (κ3) is 2.82. The lowest BCUT2D eigenvalue weighted by atomic mass is 10.0. The molecule has 2 heterocycles. The van der Waals surface area contributed by atoms with Gasteiger partial charge in [0, 0.05) is 18.7 Å². The Morgan fingerprint density at radius 1 is 1.30 bits per heavy atom. The van der Waals surface area contributed by atoms with E-state index >= 15 is 0 Å². The number of alkyl halides is 2. The van der Waals surface area contributed by atoms with Gasteiger partial charge in [0.15, 0.2) is 0 Å². The van der Waals surface area contributed by atoms with E-state index in [0.29, 0.717) is 10.1 Å². The Morgan fingerprint density at radius 3 is 2.65 bits per heavy atom. The van der Waals surface area contributed by atoms with Gasteiger partial charge in [-0.15, -0.1) is 0 Å². The van der Waals surface area contributed by atoms with Gasteiger partial charge in [0.05, 0.1) is 6.10 Å². The fourth-order valence-corrected chi connectivity index (χ4v) is 2.54. The van der Waals surface area contributed by atoms with E-state index in [4.69, 9.17) is 4.74 Å². The minimum Gasteiger partial charge on any atom is -0.384 e. The van der Waals surface area contributed by atoms with E-state index in [0.717, 1.165) is 12.3 Å². The number of nitrogens with zero attached hydrogens (tertiary/aromatic N) is 1. The summed E-state index contributed by atoms with van der Waals surface area (Å²) in [6.07, 6.45) is -4.26. The third-order valence-electron chi connectivity index (χ3n) is 3.71. The van der Waals surface area contributed by atoms with Gasteiger partial charge in [-0.25, -0.2) is 4.79 Å². The highest BCUT2D eigenvalue weighted by Gasteiger charge is 2.59. The number of H-pyrrole nitrogens is 1. The zero-order valence-corrected chi connectivity index (χ0v) is 11.8. The number of nitrogens with one attached hydrogen (secondary N) is 1. The maximum absolute atomic E-state index is 14.3. The SMILES string of the molecule is O=c1ccn([C@@H]2O[C@H](Cc3cc[c]cc3)[C@@H](O)C2(F)F)c(=O)[nH]1. The van der Waals surface area contributed by atoms with Gasteiger partial charge in [-0.2, -0.15) is 8.78 Å². The molecule has 1 fully saturated rings. The summed E-state index contributed by atoms with van der Waals surface area (Å²) in [4.78, 5) is 24.6. The van der Waals surface area contributed by atoms with Crippen molar-refractivity contribution < 1.29 is 18.6 Å². The molecule has 1 aliphatic heterocycles. The summed E-state index contributed by atoms with van der Waals surface area (Å²) in [7, 11) is 0. The molecule has 0 saturated carbocycles. The van der Waals surface area contributed by atoms with Gasteiger partial charge in [0.25, 0.3) is 5.56 Å². The molecule has 0 amide bonds. The van der Waals surface area contributed by atoms with Crippen LogP contribution in [0, 0.1) is 6.07 Å². The molecule has 8 heteroatoms. The van der Waals surface area contributed by atoms with Crippen molar-refractivity contribution in [3.05, 3.63) is 69.0 Å². The second-order valence-corrected chi connectivity index (χ2v) is 5.28. The van der Waals surface area contributed by atoms with Crippen LogP contribution in [0.3, 0.4) is 0 Å². The molecule has 0 bridgehead atoms. The molecule has 1 aromatic heterocycles. The third-order valence-corrected chi connectivity index (χ3v) is 3.71. The molecule has 23 heavy (non-hydrogen) atoms. The van der Waals surface area contributed by atoms with Crippen LogP contribution in [0.25, 0.3) is 0 Å². The number of hydrogen-bond donors (Lipinski definition) is 2. The number of aliphatic hydroxyl groups excluding tert-OH is 1. The van der Waals surface area contributed by atoms with Crippen molar-refractivity contribution in [2.45, 2.75) is 30.8 Å². The van der Waals surface area contributed by atoms with Crippen molar-refractivity contribution >= 4 is 0 Å².